The first-order valence-electron chi connectivity index (χ1n) is 4.80. The number of carboxylic acid groups (broad SMARTS) is 1. The summed E-state index contributed by atoms with van der Waals surface area (Å²) < 4.78 is 0. The number of benzene rings is 1. The molecule has 0 radical (unpaired) electrons. The van der Waals surface area contributed by atoms with Gasteiger partial charge in [-0.3, -0.25) is 0 Å². The molecule has 0 bridgehead atoms. The van der Waals surface area contributed by atoms with Gasteiger partial charge in [0.05, 0.1) is 0 Å². The van der Waals surface area contributed by atoms with Gasteiger partial charge in [0.2, 0.25) is 0 Å². The van der Waals surface area contributed by atoms with E-state index in [2.05, 4.69) is 11.9 Å². The van der Waals surface area contributed by atoms with Gasteiger partial charge < -0.3 is 10.4 Å². The van der Waals surface area contributed by atoms with E-state index >= 15 is 0 Å². The van der Waals surface area contributed by atoms with Crippen LogP contribution < -0.4 is 5.32 Å². The Bertz CT molecular complexity index is 346. The number of rotatable bonds is 5. The van der Waals surface area contributed by atoms with Crippen molar-refractivity contribution in [2.24, 2.45) is 0 Å². The highest BCUT2D eigenvalue weighted by molar-refractivity contribution is 5.87. The molecular weight excluding hydrogens is 190 g/mol. The van der Waals surface area contributed by atoms with Crippen LogP contribution in [0.25, 0.3) is 0 Å². The Morgan fingerprint density at radius 1 is 1.47 bits per heavy atom. The lowest BCUT2D eigenvalue weighted by molar-refractivity contribution is -0.132. The normalized spacial score (nSPS) is 12.1. The van der Waals surface area contributed by atoms with E-state index in [1.165, 1.54) is 0 Å². The lowest BCUT2D eigenvalue weighted by atomic mass is 10.1. The van der Waals surface area contributed by atoms with Crippen molar-refractivity contribution in [2.75, 3.05) is 0 Å². The second-order valence-electron chi connectivity index (χ2n) is 3.42. The summed E-state index contributed by atoms with van der Waals surface area (Å²) in [6.45, 7) is 5.94. The first kappa shape index (κ1) is 11.5. The monoisotopic (exact) mass is 205 g/mol. The van der Waals surface area contributed by atoms with Crippen LogP contribution in [0.4, 0.5) is 0 Å². The average Bonchev–Trinajstić information content (AvgIpc) is 2.26. The van der Waals surface area contributed by atoms with Crippen LogP contribution in [0.3, 0.4) is 0 Å². The molecule has 3 heteroatoms. The van der Waals surface area contributed by atoms with Crippen LogP contribution in [-0.4, -0.2) is 17.1 Å². The largest absolute Gasteiger partial charge is 0.478 e. The molecule has 1 unspecified atom stereocenters. The van der Waals surface area contributed by atoms with Gasteiger partial charge in [0.1, 0.15) is 0 Å². The summed E-state index contributed by atoms with van der Waals surface area (Å²) in [4.78, 5) is 10.6. The molecule has 1 atom stereocenters. The molecule has 1 aromatic carbocycles. The van der Waals surface area contributed by atoms with Gasteiger partial charge in [0.15, 0.2) is 0 Å². The SMILES string of the molecule is C=C(C(=O)O)C(C)NCc1ccccc1. The number of carboxylic acids is 1. The van der Waals surface area contributed by atoms with E-state index in [-0.39, 0.29) is 11.6 Å². The molecule has 0 aliphatic carbocycles. The van der Waals surface area contributed by atoms with Gasteiger partial charge in [-0.2, -0.15) is 0 Å². The van der Waals surface area contributed by atoms with Crippen molar-refractivity contribution in [2.45, 2.75) is 19.5 Å². The maximum absolute atomic E-state index is 10.6. The average molecular weight is 205 g/mol. The molecule has 0 heterocycles. The molecule has 0 saturated carbocycles. The zero-order valence-corrected chi connectivity index (χ0v) is 8.73. The molecule has 1 rings (SSSR count). The Morgan fingerprint density at radius 2 is 2.07 bits per heavy atom. The van der Waals surface area contributed by atoms with Gasteiger partial charge in [0, 0.05) is 18.2 Å². The van der Waals surface area contributed by atoms with Crippen LogP contribution in [0.1, 0.15) is 12.5 Å². The standard InChI is InChI=1S/C12H15NO2/c1-9(12(14)15)10(2)13-8-11-6-4-3-5-7-11/h3-7,10,13H,1,8H2,2H3,(H,14,15). The molecule has 0 aliphatic heterocycles. The van der Waals surface area contributed by atoms with Gasteiger partial charge in [-0.05, 0) is 12.5 Å². The van der Waals surface area contributed by atoms with E-state index in [1.54, 1.807) is 6.92 Å². The third kappa shape index (κ3) is 3.56. The summed E-state index contributed by atoms with van der Waals surface area (Å²) in [7, 11) is 0. The maximum Gasteiger partial charge on any atom is 0.332 e. The van der Waals surface area contributed by atoms with Crippen molar-refractivity contribution in [3.63, 3.8) is 0 Å². The molecule has 0 fully saturated rings. The van der Waals surface area contributed by atoms with E-state index in [0.29, 0.717) is 6.54 Å². The predicted octanol–water partition coefficient (Wildman–Crippen LogP) is 1.81. The predicted molar refractivity (Wildman–Crippen MR) is 59.5 cm³/mol. The lowest BCUT2D eigenvalue weighted by Gasteiger charge is -2.13. The molecule has 0 saturated heterocycles. The smallest absolute Gasteiger partial charge is 0.332 e. The van der Waals surface area contributed by atoms with E-state index < -0.39 is 5.97 Å². The summed E-state index contributed by atoms with van der Waals surface area (Å²) in [6.07, 6.45) is 0. The van der Waals surface area contributed by atoms with Crippen LogP contribution in [0.15, 0.2) is 42.5 Å². The molecule has 0 spiro atoms. The minimum atomic E-state index is -0.955. The van der Waals surface area contributed by atoms with E-state index in [0.717, 1.165) is 5.56 Å². The number of hydrogen-bond acceptors (Lipinski definition) is 2. The Kier molecular flexibility index (Phi) is 4.06. The van der Waals surface area contributed by atoms with Crippen LogP contribution in [0, 0.1) is 0 Å². The number of carbonyl (C=O) groups is 1. The number of hydrogen-bond donors (Lipinski definition) is 2. The van der Waals surface area contributed by atoms with E-state index in [9.17, 15) is 4.79 Å². The van der Waals surface area contributed by atoms with Gasteiger partial charge in [-0.1, -0.05) is 36.9 Å². The molecule has 15 heavy (non-hydrogen) atoms. The molecule has 0 aromatic heterocycles. The first-order valence-corrected chi connectivity index (χ1v) is 4.80. The van der Waals surface area contributed by atoms with Crippen molar-refractivity contribution in [3.8, 4) is 0 Å². The van der Waals surface area contributed by atoms with Crippen LogP contribution in [-0.2, 0) is 11.3 Å². The molecular formula is C12H15NO2. The summed E-state index contributed by atoms with van der Waals surface area (Å²) >= 11 is 0. The second kappa shape index (κ2) is 5.32. The quantitative estimate of drug-likeness (QED) is 0.721. The fourth-order valence-electron chi connectivity index (χ4n) is 1.18. The van der Waals surface area contributed by atoms with Crippen molar-refractivity contribution >= 4 is 5.97 Å². The highest BCUT2D eigenvalue weighted by Gasteiger charge is 2.12. The zero-order chi connectivity index (χ0) is 11.3. The fraction of sp³-hybridized carbons (Fsp3) is 0.250. The van der Waals surface area contributed by atoms with Crippen LogP contribution >= 0.6 is 0 Å². The zero-order valence-electron chi connectivity index (χ0n) is 8.73. The second-order valence-corrected chi connectivity index (χ2v) is 3.42. The highest BCUT2D eigenvalue weighted by atomic mass is 16.4. The molecule has 80 valence electrons. The van der Waals surface area contributed by atoms with Crippen molar-refractivity contribution in [3.05, 3.63) is 48.0 Å². The molecule has 2 N–H and O–H groups in total. The topological polar surface area (TPSA) is 49.3 Å². The fourth-order valence-corrected chi connectivity index (χ4v) is 1.18. The van der Waals surface area contributed by atoms with Gasteiger partial charge in [-0.25, -0.2) is 4.79 Å². The number of nitrogens with one attached hydrogen (secondary N) is 1. The summed E-state index contributed by atoms with van der Waals surface area (Å²) in [6, 6.07) is 9.61. The Hall–Kier alpha value is -1.61. The van der Waals surface area contributed by atoms with Gasteiger partial charge in [0.25, 0.3) is 0 Å². The van der Waals surface area contributed by atoms with E-state index in [1.807, 2.05) is 30.3 Å². The van der Waals surface area contributed by atoms with Crippen LogP contribution in [0.2, 0.25) is 0 Å². The third-order valence-electron chi connectivity index (χ3n) is 2.25. The van der Waals surface area contributed by atoms with Crippen LogP contribution in [0.5, 0.6) is 0 Å². The summed E-state index contributed by atoms with van der Waals surface area (Å²) in [5, 5.41) is 11.8. The minimum absolute atomic E-state index is 0.186. The summed E-state index contributed by atoms with van der Waals surface area (Å²) in [5.41, 5.74) is 1.31. The van der Waals surface area contributed by atoms with Crippen molar-refractivity contribution in [1.29, 1.82) is 0 Å². The molecule has 0 aliphatic rings. The van der Waals surface area contributed by atoms with Gasteiger partial charge in [-0.15, -0.1) is 0 Å². The molecule has 0 amide bonds. The first-order chi connectivity index (χ1) is 7.11. The summed E-state index contributed by atoms with van der Waals surface area (Å²) in [5.74, 6) is -0.955. The number of aliphatic carboxylic acids is 1. The maximum atomic E-state index is 10.6. The Labute approximate surface area is 89.4 Å². The minimum Gasteiger partial charge on any atom is -0.478 e. The molecule has 3 nitrogen and oxygen atoms in total. The lowest BCUT2D eigenvalue weighted by Crippen LogP contribution is -2.30. The van der Waals surface area contributed by atoms with Gasteiger partial charge >= 0.3 is 5.97 Å². The Balaban J connectivity index is 2.44. The van der Waals surface area contributed by atoms with Crippen molar-refractivity contribution < 1.29 is 9.90 Å². The third-order valence-corrected chi connectivity index (χ3v) is 2.25. The highest BCUT2D eigenvalue weighted by Crippen LogP contribution is 2.02. The molecule has 1 aromatic rings. The Morgan fingerprint density at radius 3 is 2.60 bits per heavy atom. The van der Waals surface area contributed by atoms with Crippen molar-refractivity contribution in [1.82, 2.24) is 5.32 Å². The van der Waals surface area contributed by atoms with E-state index in [4.69, 9.17) is 5.11 Å².